The van der Waals surface area contributed by atoms with Crippen molar-refractivity contribution >= 4 is 27.9 Å². The lowest BCUT2D eigenvalue weighted by Crippen LogP contribution is -2.13. The van der Waals surface area contributed by atoms with Gasteiger partial charge >= 0.3 is 0 Å². The molecule has 2 aromatic carbocycles. The number of nitrogens with one attached hydrogen (secondary N) is 1. The van der Waals surface area contributed by atoms with Gasteiger partial charge in [0.25, 0.3) is 5.91 Å². The van der Waals surface area contributed by atoms with Gasteiger partial charge in [0.1, 0.15) is 16.5 Å². The van der Waals surface area contributed by atoms with E-state index in [-0.39, 0.29) is 12.0 Å². The van der Waals surface area contributed by atoms with E-state index >= 15 is 0 Å². The molecule has 0 saturated carbocycles. The SMILES string of the molecule is COc1ccc(-c2nn3c(C)nnc3s2)cc1NC(=O)c1ccc(OC(C)C)cc1. The average Bonchev–Trinajstić information content (AvgIpc) is 3.30. The van der Waals surface area contributed by atoms with Gasteiger partial charge in [-0.05, 0) is 63.2 Å². The number of methoxy groups -OCH3 is 1. The van der Waals surface area contributed by atoms with Gasteiger partial charge in [-0.15, -0.1) is 10.2 Å². The Bertz CT molecular complexity index is 1200. The fourth-order valence-electron chi connectivity index (χ4n) is 2.92. The van der Waals surface area contributed by atoms with Crippen LogP contribution in [-0.4, -0.2) is 38.9 Å². The number of ether oxygens (including phenoxy) is 2. The number of benzene rings is 2. The second-order valence-electron chi connectivity index (χ2n) is 6.91. The van der Waals surface area contributed by atoms with Crippen molar-refractivity contribution in [1.82, 2.24) is 19.8 Å². The van der Waals surface area contributed by atoms with Gasteiger partial charge in [-0.1, -0.05) is 11.3 Å². The number of carbonyl (C=O) groups is 1. The van der Waals surface area contributed by atoms with Crippen LogP contribution in [-0.2, 0) is 0 Å². The lowest BCUT2D eigenvalue weighted by atomic mass is 10.1. The monoisotopic (exact) mass is 423 g/mol. The summed E-state index contributed by atoms with van der Waals surface area (Å²) >= 11 is 1.43. The first kappa shape index (κ1) is 19.8. The van der Waals surface area contributed by atoms with E-state index in [1.807, 2.05) is 32.9 Å². The zero-order chi connectivity index (χ0) is 21.3. The molecule has 0 unspecified atom stereocenters. The highest BCUT2D eigenvalue weighted by molar-refractivity contribution is 7.19. The lowest BCUT2D eigenvalue weighted by molar-refractivity contribution is 0.102. The molecule has 0 aliphatic heterocycles. The van der Waals surface area contributed by atoms with Crippen LogP contribution in [0.3, 0.4) is 0 Å². The van der Waals surface area contributed by atoms with E-state index in [1.165, 1.54) is 11.3 Å². The largest absolute Gasteiger partial charge is 0.495 e. The zero-order valence-corrected chi connectivity index (χ0v) is 17.9. The Kier molecular flexibility index (Phi) is 5.37. The Labute approximate surface area is 177 Å². The molecule has 30 heavy (non-hydrogen) atoms. The molecule has 0 aliphatic carbocycles. The number of nitrogens with zero attached hydrogens (tertiary/aromatic N) is 4. The maximum atomic E-state index is 12.8. The highest BCUT2D eigenvalue weighted by Crippen LogP contribution is 2.33. The summed E-state index contributed by atoms with van der Waals surface area (Å²) in [6, 6.07) is 12.6. The third-order valence-electron chi connectivity index (χ3n) is 4.33. The van der Waals surface area contributed by atoms with Gasteiger partial charge in [0.05, 0.1) is 18.9 Å². The molecule has 0 bridgehead atoms. The second kappa shape index (κ2) is 8.11. The molecule has 0 radical (unpaired) electrons. The summed E-state index contributed by atoms with van der Waals surface area (Å²) in [7, 11) is 1.56. The highest BCUT2D eigenvalue weighted by atomic mass is 32.1. The quantitative estimate of drug-likeness (QED) is 0.500. The number of anilines is 1. The maximum absolute atomic E-state index is 12.8. The second-order valence-corrected chi connectivity index (χ2v) is 7.86. The summed E-state index contributed by atoms with van der Waals surface area (Å²) in [5.41, 5.74) is 1.93. The van der Waals surface area contributed by atoms with Crippen LogP contribution in [0.25, 0.3) is 15.5 Å². The molecule has 4 rings (SSSR count). The molecule has 2 aromatic heterocycles. The normalized spacial score (nSPS) is 11.1. The Balaban J connectivity index is 1.59. The smallest absolute Gasteiger partial charge is 0.255 e. The van der Waals surface area contributed by atoms with Crippen LogP contribution in [0.15, 0.2) is 42.5 Å². The number of fused-ring (bicyclic) bond motifs is 1. The number of aromatic nitrogens is 4. The molecule has 1 amide bonds. The van der Waals surface area contributed by atoms with Crippen molar-refractivity contribution in [2.75, 3.05) is 12.4 Å². The average molecular weight is 423 g/mol. The molecule has 0 fully saturated rings. The van der Waals surface area contributed by atoms with E-state index in [4.69, 9.17) is 9.47 Å². The minimum Gasteiger partial charge on any atom is -0.495 e. The van der Waals surface area contributed by atoms with Gasteiger partial charge in [-0.3, -0.25) is 4.79 Å². The van der Waals surface area contributed by atoms with Crippen LogP contribution in [0.5, 0.6) is 11.5 Å². The van der Waals surface area contributed by atoms with Crippen molar-refractivity contribution in [3.8, 4) is 22.1 Å². The third-order valence-corrected chi connectivity index (χ3v) is 5.28. The van der Waals surface area contributed by atoms with Crippen LogP contribution in [0.4, 0.5) is 5.69 Å². The van der Waals surface area contributed by atoms with E-state index in [0.29, 0.717) is 22.0 Å². The number of hydrogen-bond acceptors (Lipinski definition) is 7. The number of aryl methyl sites for hydroxylation is 1. The van der Waals surface area contributed by atoms with Crippen molar-refractivity contribution in [2.24, 2.45) is 0 Å². The predicted molar refractivity (Wildman–Crippen MR) is 116 cm³/mol. The Morgan fingerprint density at radius 1 is 1.13 bits per heavy atom. The van der Waals surface area contributed by atoms with E-state index in [9.17, 15) is 4.79 Å². The Hall–Kier alpha value is -3.46. The fourth-order valence-corrected chi connectivity index (χ4v) is 3.80. The topological polar surface area (TPSA) is 90.6 Å². The predicted octanol–water partition coefficient (Wildman–Crippen LogP) is 4.21. The number of carbonyl (C=O) groups excluding carboxylic acids is 1. The Morgan fingerprint density at radius 3 is 2.57 bits per heavy atom. The molecular weight excluding hydrogens is 402 g/mol. The first-order chi connectivity index (χ1) is 14.4. The molecule has 0 saturated heterocycles. The Morgan fingerprint density at radius 2 is 1.90 bits per heavy atom. The lowest BCUT2D eigenvalue weighted by Gasteiger charge is -2.12. The molecule has 0 spiro atoms. The zero-order valence-electron chi connectivity index (χ0n) is 17.0. The molecule has 2 heterocycles. The van der Waals surface area contributed by atoms with Crippen molar-refractivity contribution in [2.45, 2.75) is 26.9 Å². The minimum absolute atomic E-state index is 0.0740. The molecule has 8 nitrogen and oxygen atoms in total. The first-order valence-electron chi connectivity index (χ1n) is 9.40. The van der Waals surface area contributed by atoms with Crippen molar-refractivity contribution < 1.29 is 14.3 Å². The van der Waals surface area contributed by atoms with Gasteiger partial charge in [0, 0.05) is 11.1 Å². The van der Waals surface area contributed by atoms with Crippen molar-refractivity contribution in [1.29, 1.82) is 0 Å². The fraction of sp³-hybridized carbons (Fsp3) is 0.238. The molecule has 9 heteroatoms. The van der Waals surface area contributed by atoms with Gasteiger partial charge < -0.3 is 14.8 Å². The number of hydrogen-bond donors (Lipinski definition) is 1. The summed E-state index contributed by atoms with van der Waals surface area (Å²) in [6.45, 7) is 5.76. The molecule has 154 valence electrons. The molecule has 4 aromatic rings. The van der Waals surface area contributed by atoms with Gasteiger partial charge in [0.2, 0.25) is 4.96 Å². The van der Waals surface area contributed by atoms with E-state index in [2.05, 4.69) is 20.6 Å². The standard InChI is InChI=1S/C21H21N5O3S/c1-12(2)29-16-8-5-14(6-9-16)19(27)22-17-11-15(7-10-18(17)28-4)20-25-26-13(3)23-24-21(26)30-20/h5-12H,1-4H3,(H,22,27). The van der Waals surface area contributed by atoms with Crippen LogP contribution < -0.4 is 14.8 Å². The van der Waals surface area contributed by atoms with Crippen molar-refractivity contribution in [3.05, 3.63) is 53.9 Å². The number of amides is 1. The molecular formula is C21H21N5O3S. The van der Waals surface area contributed by atoms with E-state index < -0.39 is 0 Å². The highest BCUT2D eigenvalue weighted by Gasteiger charge is 2.15. The van der Waals surface area contributed by atoms with Gasteiger partial charge in [-0.2, -0.15) is 9.61 Å². The maximum Gasteiger partial charge on any atom is 0.255 e. The minimum atomic E-state index is -0.240. The number of rotatable bonds is 6. The third kappa shape index (κ3) is 3.97. The van der Waals surface area contributed by atoms with Crippen molar-refractivity contribution in [3.63, 3.8) is 0 Å². The molecule has 0 atom stereocenters. The van der Waals surface area contributed by atoms with Crippen LogP contribution in [0.1, 0.15) is 30.0 Å². The van der Waals surface area contributed by atoms with Crippen LogP contribution in [0, 0.1) is 6.92 Å². The summed E-state index contributed by atoms with van der Waals surface area (Å²) in [4.78, 5) is 13.5. The van der Waals surface area contributed by atoms with E-state index in [0.717, 1.165) is 22.1 Å². The summed E-state index contributed by atoms with van der Waals surface area (Å²) in [6.07, 6.45) is 0.0740. The summed E-state index contributed by atoms with van der Waals surface area (Å²) < 4.78 is 12.7. The van der Waals surface area contributed by atoms with Gasteiger partial charge in [0.15, 0.2) is 5.82 Å². The summed E-state index contributed by atoms with van der Waals surface area (Å²) in [5.74, 6) is 1.76. The molecule has 0 aliphatic rings. The summed E-state index contributed by atoms with van der Waals surface area (Å²) in [5, 5.41) is 16.4. The van der Waals surface area contributed by atoms with Crippen LogP contribution >= 0.6 is 11.3 Å². The van der Waals surface area contributed by atoms with Gasteiger partial charge in [-0.25, -0.2) is 0 Å². The van der Waals surface area contributed by atoms with Crippen LogP contribution in [0.2, 0.25) is 0 Å². The molecule has 1 N–H and O–H groups in total. The van der Waals surface area contributed by atoms with E-state index in [1.54, 1.807) is 42.0 Å². The first-order valence-corrected chi connectivity index (χ1v) is 10.2.